The first kappa shape index (κ1) is 14.7. The van der Waals surface area contributed by atoms with Crippen LogP contribution in [0.3, 0.4) is 0 Å². The minimum atomic E-state index is 0.562. The molecule has 0 aromatic carbocycles. The lowest BCUT2D eigenvalue weighted by atomic mass is 10.1. The zero-order chi connectivity index (χ0) is 11.5. The fourth-order valence-corrected chi connectivity index (χ4v) is 1.83. The molecule has 2 nitrogen and oxygen atoms in total. The smallest absolute Gasteiger partial charge is 0.166 e. The summed E-state index contributed by atoms with van der Waals surface area (Å²) < 4.78 is 0. The Morgan fingerprint density at radius 2 is 1.80 bits per heavy atom. The first-order valence-corrected chi connectivity index (χ1v) is 6.69. The maximum atomic E-state index is 5.24. The Morgan fingerprint density at radius 1 is 1.07 bits per heavy atom. The van der Waals surface area contributed by atoms with Gasteiger partial charge in [-0.05, 0) is 31.5 Å². The number of rotatable bonds is 8. The first-order chi connectivity index (χ1) is 7.24. The van der Waals surface area contributed by atoms with Crippen LogP contribution < -0.4 is 10.6 Å². The molecule has 0 heterocycles. The standard InChI is InChI=1S/C12H26N2S/c1-4-7-9-11(8-5-2)14-12(15)13-10-6-3/h11H,4-10H2,1-3H3,(H2,13,14,15). The lowest BCUT2D eigenvalue weighted by Crippen LogP contribution is -2.42. The minimum Gasteiger partial charge on any atom is -0.363 e. The van der Waals surface area contributed by atoms with Crippen LogP contribution in [-0.2, 0) is 0 Å². The normalized spacial score (nSPS) is 12.2. The van der Waals surface area contributed by atoms with Gasteiger partial charge in [0.25, 0.3) is 0 Å². The van der Waals surface area contributed by atoms with Gasteiger partial charge in [0.1, 0.15) is 0 Å². The Kier molecular flexibility index (Phi) is 10.0. The van der Waals surface area contributed by atoms with Gasteiger partial charge in [-0.1, -0.05) is 40.0 Å². The summed E-state index contributed by atoms with van der Waals surface area (Å²) in [6.45, 7) is 7.58. The number of hydrogen-bond acceptors (Lipinski definition) is 1. The van der Waals surface area contributed by atoms with Crippen LogP contribution in [0.5, 0.6) is 0 Å². The molecule has 2 N–H and O–H groups in total. The van der Waals surface area contributed by atoms with Crippen molar-refractivity contribution in [3.63, 3.8) is 0 Å². The largest absolute Gasteiger partial charge is 0.363 e. The van der Waals surface area contributed by atoms with Gasteiger partial charge in [-0.25, -0.2) is 0 Å². The van der Waals surface area contributed by atoms with E-state index in [1.165, 1.54) is 32.1 Å². The molecule has 0 bridgehead atoms. The molecule has 0 aromatic heterocycles. The topological polar surface area (TPSA) is 24.1 Å². The van der Waals surface area contributed by atoms with Crippen LogP contribution in [0.1, 0.15) is 59.3 Å². The fourth-order valence-electron chi connectivity index (χ4n) is 1.56. The molecule has 0 aliphatic heterocycles. The molecular formula is C12H26N2S. The second-order valence-electron chi connectivity index (χ2n) is 4.03. The minimum absolute atomic E-state index is 0.562. The number of unbranched alkanes of at least 4 members (excludes halogenated alkanes) is 1. The van der Waals surface area contributed by atoms with Gasteiger partial charge in [0.15, 0.2) is 5.11 Å². The maximum absolute atomic E-state index is 5.24. The SMILES string of the molecule is CCCCC(CCC)NC(=S)NCCC. The molecule has 1 atom stereocenters. The van der Waals surface area contributed by atoms with Crippen LogP contribution in [-0.4, -0.2) is 17.7 Å². The van der Waals surface area contributed by atoms with Gasteiger partial charge in [0.2, 0.25) is 0 Å². The van der Waals surface area contributed by atoms with E-state index < -0.39 is 0 Å². The Morgan fingerprint density at radius 3 is 2.33 bits per heavy atom. The van der Waals surface area contributed by atoms with Crippen molar-refractivity contribution in [3.8, 4) is 0 Å². The predicted octanol–water partition coefficient (Wildman–Crippen LogP) is 3.22. The molecule has 0 radical (unpaired) electrons. The van der Waals surface area contributed by atoms with Gasteiger partial charge in [0.05, 0.1) is 0 Å². The Bertz CT molecular complexity index is 160. The second-order valence-corrected chi connectivity index (χ2v) is 4.44. The van der Waals surface area contributed by atoms with E-state index in [4.69, 9.17) is 12.2 Å². The lowest BCUT2D eigenvalue weighted by Gasteiger charge is -2.20. The van der Waals surface area contributed by atoms with Gasteiger partial charge >= 0.3 is 0 Å². The fraction of sp³-hybridized carbons (Fsp3) is 0.917. The summed E-state index contributed by atoms with van der Waals surface area (Å²) in [5.74, 6) is 0. The van der Waals surface area contributed by atoms with Gasteiger partial charge in [-0.2, -0.15) is 0 Å². The Labute approximate surface area is 100 Å². The highest BCUT2D eigenvalue weighted by atomic mass is 32.1. The second kappa shape index (κ2) is 10.2. The summed E-state index contributed by atoms with van der Waals surface area (Å²) >= 11 is 5.24. The molecule has 0 rings (SSSR count). The van der Waals surface area contributed by atoms with E-state index in [9.17, 15) is 0 Å². The third kappa shape index (κ3) is 8.67. The van der Waals surface area contributed by atoms with Crippen molar-refractivity contribution in [3.05, 3.63) is 0 Å². The van der Waals surface area contributed by atoms with Crippen molar-refractivity contribution < 1.29 is 0 Å². The van der Waals surface area contributed by atoms with Crippen LogP contribution in [0.25, 0.3) is 0 Å². The van der Waals surface area contributed by atoms with Crippen molar-refractivity contribution in [1.29, 1.82) is 0 Å². The van der Waals surface area contributed by atoms with Gasteiger partial charge in [-0.15, -0.1) is 0 Å². The van der Waals surface area contributed by atoms with Crippen molar-refractivity contribution in [1.82, 2.24) is 10.6 Å². The van der Waals surface area contributed by atoms with Crippen LogP contribution >= 0.6 is 12.2 Å². The third-order valence-electron chi connectivity index (χ3n) is 2.41. The highest BCUT2D eigenvalue weighted by Gasteiger charge is 2.07. The predicted molar refractivity (Wildman–Crippen MR) is 72.2 cm³/mol. The van der Waals surface area contributed by atoms with E-state index in [1.807, 2.05) is 0 Å². The van der Waals surface area contributed by atoms with Crippen LogP contribution in [0, 0.1) is 0 Å². The van der Waals surface area contributed by atoms with E-state index in [1.54, 1.807) is 0 Å². The molecule has 0 amide bonds. The summed E-state index contributed by atoms with van der Waals surface area (Å²) in [4.78, 5) is 0. The quantitative estimate of drug-likeness (QED) is 0.626. The molecule has 0 aliphatic rings. The summed E-state index contributed by atoms with van der Waals surface area (Å²) in [6, 6.07) is 0.562. The van der Waals surface area contributed by atoms with E-state index in [2.05, 4.69) is 31.4 Å². The maximum Gasteiger partial charge on any atom is 0.166 e. The zero-order valence-electron chi connectivity index (χ0n) is 10.4. The molecule has 0 saturated carbocycles. The van der Waals surface area contributed by atoms with E-state index >= 15 is 0 Å². The monoisotopic (exact) mass is 230 g/mol. The van der Waals surface area contributed by atoms with E-state index in [0.717, 1.165) is 18.1 Å². The van der Waals surface area contributed by atoms with E-state index in [-0.39, 0.29) is 0 Å². The van der Waals surface area contributed by atoms with Crippen LogP contribution in [0.4, 0.5) is 0 Å². The first-order valence-electron chi connectivity index (χ1n) is 6.28. The summed E-state index contributed by atoms with van der Waals surface area (Å²) in [5, 5.41) is 7.45. The molecule has 3 heteroatoms. The summed E-state index contributed by atoms with van der Waals surface area (Å²) in [6.07, 6.45) is 7.34. The Balaban J connectivity index is 3.76. The molecule has 0 fully saturated rings. The van der Waals surface area contributed by atoms with Crippen molar-refractivity contribution in [2.75, 3.05) is 6.54 Å². The molecule has 0 aliphatic carbocycles. The van der Waals surface area contributed by atoms with E-state index in [0.29, 0.717) is 6.04 Å². The number of thiocarbonyl (C=S) groups is 1. The molecule has 0 saturated heterocycles. The lowest BCUT2D eigenvalue weighted by molar-refractivity contribution is 0.492. The molecular weight excluding hydrogens is 204 g/mol. The molecule has 1 unspecified atom stereocenters. The molecule has 15 heavy (non-hydrogen) atoms. The van der Waals surface area contributed by atoms with Crippen molar-refractivity contribution in [2.24, 2.45) is 0 Å². The third-order valence-corrected chi connectivity index (χ3v) is 2.68. The van der Waals surface area contributed by atoms with Gasteiger partial charge in [0, 0.05) is 12.6 Å². The average Bonchev–Trinajstić information content (AvgIpc) is 2.23. The highest BCUT2D eigenvalue weighted by molar-refractivity contribution is 7.80. The summed E-state index contributed by atoms with van der Waals surface area (Å²) in [7, 11) is 0. The van der Waals surface area contributed by atoms with Crippen molar-refractivity contribution >= 4 is 17.3 Å². The number of hydrogen-bond donors (Lipinski definition) is 2. The van der Waals surface area contributed by atoms with Gasteiger partial charge < -0.3 is 10.6 Å². The Hall–Kier alpha value is -0.310. The molecule has 90 valence electrons. The average molecular weight is 230 g/mol. The van der Waals surface area contributed by atoms with Crippen LogP contribution in [0.2, 0.25) is 0 Å². The highest BCUT2D eigenvalue weighted by Crippen LogP contribution is 2.06. The number of nitrogens with one attached hydrogen (secondary N) is 2. The van der Waals surface area contributed by atoms with Gasteiger partial charge in [-0.3, -0.25) is 0 Å². The van der Waals surface area contributed by atoms with Crippen LogP contribution in [0.15, 0.2) is 0 Å². The summed E-state index contributed by atoms with van der Waals surface area (Å²) in [5.41, 5.74) is 0. The molecule has 0 aromatic rings. The zero-order valence-corrected chi connectivity index (χ0v) is 11.3. The molecule has 0 spiro atoms. The van der Waals surface area contributed by atoms with Crippen molar-refractivity contribution in [2.45, 2.75) is 65.3 Å².